The second kappa shape index (κ2) is 5.55. The number of oxazole rings is 1. The fourth-order valence-electron chi connectivity index (χ4n) is 2.76. The predicted molar refractivity (Wildman–Crippen MR) is 86.2 cm³/mol. The summed E-state index contributed by atoms with van der Waals surface area (Å²) >= 11 is 0. The van der Waals surface area contributed by atoms with Crippen LogP contribution in [0.4, 0.5) is 0 Å². The van der Waals surface area contributed by atoms with Crippen LogP contribution in [0.25, 0.3) is 11.1 Å². The first-order valence-corrected chi connectivity index (χ1v) is 7.56. The number of ether oxygens (including phenoxy) is 1. The topological polar surface area (TPSA) is 89.7 Å². The lowest BCUT2D eigenvalue weighted by atomic mass is 10.1. The van der Waals surface area contributed by atoms with Gasteiger partial charge >= 0.3 is 5.97 Å². The molecule has 0 atom stereocenters. The largest absolute Gasteiger partial charge is 0.441 e. The first-order valence-electron chi connectivity index (χ1n) is 7.56. The van der Waals surface area contributed by atoms with Crippen LogP contribution in [-0.4, -0.2) is 34.2 Å². The minimum Gasteiger partial charge on any atom is -0.441 e. The van der Waals surface area contributed by atoms with Crippen LogP contribution in [0.5, 0.6) is 5.75 Å². The Morgan fingerprint density at radius 1 is 1.12 bits per heavy atom. The van der Waals surface area contributed by atoms with Crippen LogP contribution in [0.3, 0.4) is 0 Å². The average Bonchev–Trinajstić information content (AvgIpc) is 3.07. The number of hydrogen-bond acceptors (Lipinski definition) is 6. The number of nitrogens with zero attached hydrogens (tertiary/aromatic N) is 2. The van der Waals surface area contributed by atoms with Gasteiger partial charge in [-0.15, -0.1) is 0 Å². The third kappa shape index (κ3) is 2.55. The number of carbonyl (C=O) groups excluding carboxylic acids is 3. The first kappa shape index (κ1) is 15.1. The van der Waals surface area contributed by atoms with Crippen LogP contribution in [0, 0.1) is 6.92 Å². The van der Waals surface area contributed by atoms with E-state index in [1.54, 1.807) is 49.4 Å². The van der Waals surface area contributed by atoms with Crippen LogP contribution >= 0.6 is 0 Å². The number of amides is 2. The fraction of sp³-hybridized carbons (Fsp3) is 0.111. The van der Waals surface area contributed by atoms with Gasteiger partial charge in [-0.05, 0) is 24.3 Å². The Morgan fingerprint density at radius 2 is 1.80 bits per heavy atom. The van der Waals surface area contributed by atoms with E-state index in [0.717, 1.165) is 4.90 Å². The van der Waals surface area contributed by atoms with Crippen molar-refractivity contribution in [2.24, 2.45) is 0 Å². The number of carbonyl (C=O) groups is 3. The fourth-order valence-corrected chi connectivity index (χ4v) is 2.76. The Kier molecular flexibility index (Phi) is 3.35. The number of imide groups is 1. The molecule has 7 nitrogen and oxygen atoms in total. The highest BCUT2D eigenvalue weighted by Crippen LogP contribution is 2.24. The van der Waals surface area contributed by atoms with E-state index < -0.39 is 24.3 Å². The molecule has 3 aromatic rings. The van der Waals surface area contributed by atoms with Gasteiger partial charge in [0.25, 0.3) is 11.8 Å². The van der Waals surface area contributed by atoms with E-state index in [1.165, 1.54) is 0 Å². The molecule has 2 amide bonds. The van der Waals surface area contributed by atoms with Gasteiger partial charge in [0.05, 0.1) is 11.1 Å². The number of fused-ring (bicyclic) bond motifs is 2. The molecule has 2 heterocycles. The van der Waals surface area contributed by atoms with Crippen LogP contribution in [0.15, 0.2) is 46.9 Å². The lowest BCUT2D eigenvalue weighted by Gasteiger charge is -2.12. The molecule has 1 aromatic heterocycles. The van der Waals surface area contributed by atoms with E-state index in [9.17, 15) is 14.4 Å². The molecule has 0 spiro atoms. The van der Waals surface area contributed by atoms with Crippen molar-refractivity contribution in [1.29, 1.82) is 0 Å². The van der Waals surface area contributed by atoms with Gasteiger partial charge in [0.15, 0.2) is 11.5 Å². The highest BCUT2D eigenvalue weighted by atomic mass is 16.5. The molecule has 25 heavy (non-hydrogen) atoms. The summed E-state index contributed by atoms with van der Waals surface area (Å²) in [5.41, 5.74) is 1.72. The van der Waals surface area contributed by atoms with Crippen molar-refractivity contribution in [2.75, 3.05) is 6.54 Å². The zero-order chi connectivity index (χ0) is 17.6. The Balaban J connectivity index is 1.50. The second-order valence-corrected chi connectivity index (χ2v) is 5.58. The third-order valence-corrected chi connectivity index (χ3v) is 3.86. The van der Waals surface area contributed by atoms with E-state index in [2.05, 4.69) is 4.98 Å². The van der Waals surface area contributed by atoms with Gasteiger partial charge in [-0.1, -0.05) is 12.1 Å². The predicted octanol–water partition coefficient (Wildman–Crippen LogP) is 2.34. The standard InChI is InChI=1S/C18H12N2O5/c1-10-19-14-8-11(6-7-15(14)24-10)25-16(21)9-20-17(22)12-4-2-3-5-13(12)18(20)23/h2-8H,9H2,1H3. The van der Waals surface area contributed by atoms with Crippen LogP contribution in [0.2, 0.25) is 0 Å². The number of hydrogen-bond donors (Lipinski definition) is 0. The molecule has 0 bridgehead atoms. The van der Waals surface area contributed by atoms with Crippen molar-refractivity contribution < 1.29 is 23.5 Å². The summed E-state index contributed by atoms with van der Waals surface area (Å²) < 4.78 is 10.6. The summed E-state index contributed by atoms with van der Waals surface area (Å²) in [6.07, 6.45) is 0. The summed E-state index contributed by atoms with van der Waals surface area (Å²) in [5, 5.41) is 0. The average molecular weight is 336 g/mol. The summed E-state index contributed by atoms with van der Waals surface area (Å²) in [7, 11) is 0. The number of esters is 1. The maximum Gasteiger partial charge on any atom is 0.331 e. The van der Waals surface area contributed by atoms with Crippen LogP contribution < -0.4 is 4.74 Å². The minimum atomic E-state index is -0.714. The quantitative estimate of drug-likeness (QED) is 0.414. The maximum absolute atomic E-state index is 12.2. The molecule has 1 aliphatic rings. The van der Waals surface area contributed by atoms with Gasteiger partial charge in [-0.2, -0.15) is 0 Å². The molecule has 0 fully saturated rings. The number of rotatable bonds is 3. The van der Waals surface area contributed by atoms with E-state index >= 15 is 0 Å². The van der Waals surface area contributed by atoms with Crippen molar-refractivity contribution in [3.05, 3.63) is 59.5 Å². The minimum absolute atomic E-state index is 0.266. The molecule has 0 radical (unpaired) electrons. The molecule has 2 aromatic carbocycles. The lowest BCUT2D eigenvalue weighted by Crippen LogP contribution is -2.36. The van der Waals surface area contributed by atoms with Crippen molar-refractivity contribution in [3.63, 3.8) is 0 Å². The number of benzene rings is 2. The number of aromatic nitrogens is 1. The van der Waals surface area contributed by atoms with Gasteiger partial charge < -0.3 is 9.15 Å². The molecule has 4 rings (SSSR count). The van der Waals surface area contributed by atoms with Crippen molar-refractivity contribution in [3.8, 4) is 5.75 Å². The van der Waals surface area contributed by atoms with Crippen molar-refractivity contribution in [1.82, 2.24) is 9.88 Å². The summed E-state index contributed by atoms with van der Waals surface area (Å²) in [5.74, 6) is -0.943. The van der Waals surface area contributed by atoms with Crippen LogP contribution in [0.1, 0.15) is 26.6 Å². The second-order valence-electron chi connectivity index (χ2n) is 5.58. The molecule has 0 N–H and O–H groups in total. The molecule has 7 heteroatoms. The summed E-state index contributed by atoms with van der Waals surface area (Å²) in [4.78, 5) is 41.7. The molecule has 0 aliphatic carbocycles. The molecule has 1 aliphatic heterocycles. The molecular weight excluding hydrogens is 324 g/mol. The highest BCUT2D eigenvalue weighted by Gasteiger charge is 2.36. The van der Waals surface area contributed by atoms with Gasteiger partial charge in [0.2, 0.25) is 0 Å². The van der Waals surface area contributed by atoms with E-state index in [4.69, 9.17) is 9.15 Å². The summed E-state index contributed by atoms with van der Waals surface area (Å²) in [6, 6.07) is 11.2. The monoisotopic (exact) mass is 336 g/mol. The number of aryl methyl sites for hydroxylation is 1. The Labute approximate surface area is 141 Å². The first-order chi connectivity index (χ1) is 12.0. The van der Waals surface area contributed by atoms with E-state index in [1.807, 2.05) is 0 Å². The molecular formula is C18H12N2O5. The zero-order valence-electron chi connectivity index (χ0n) is 13.2. The van der Waals surface area contributed by atoms with Gasteiger partial charge in [0, 0.05) is 13.0 Å². The smallest absolute Gasteiger partial charge is 0.331 e. The third-order valence-electron chi connectivity index (χ3n) is 3.86. The van der Waals surface area contributed by atoms with Gasteiger partial charge in [-0.25, -0.2) is 9.78 Å². The Bertz CT molecular complexity index is 1000. The highest BCUT2D eigenvalue weighted by molar-refractivity contribution is 6.22. The molecule has 0 saturated carbocycles. The maximum atomic E-state index is 12.2. The molecule has 0 unspecified atom stereocenters. The molecule has 124 valence electrons. The summed E-state index contributed by atoms with van der Waals surface area (Å²) in [6.45, 7) is 1.26. The van der Waals surface area contributed by atoms with E-state index in [-0.39, 0.29) is 5.75 Å². The van der Waals surface area contributed by atoms with Crippen molar-refractivity contribution in [2.45, 2.75) is 6.92 Å². The SMILES string of the molecule is Cc1nc2cc(OC(=O)CN3C(=O)c4ccccc4C3=O)ccc2o1. The Hall–Kier alpha value is -3.48. The normalized spacial score (nSPS) is 13.4. The van der Waals surface area contributed by atoms with Gasteiger partial charge in [-0.3, -0.25) is 14.5 Å². The van der Waals surface area contributed by atoms with E-state index in [0.29, 0.717) is 28.1 Å². The lowest BCUT2D eigenvalue weighted by molar-refractivity contribution is -0.134. The van der Waals surface area contributed by atoms with Gasteiger partial charge in [0.1, 0.15) is 17.8 Å². The molecule has 0 saturated heterocycles. The van der Waals surface area contributed by atoms with Crippen molar-refractivity contribution >= 4 is 28.9 Å². The Morgan fingerprint density at radius 3 is 2.48 bits per heavy atom. The van der Waals surface area contributed by atoms with Crippen LogP contribution in [-0.2, 0) is 4.79 Å². The zero-order valence-corrected chi connectivity index (χ0v) is 13.2.